The standard InChI is InChI=1S/C20H22N4O4/c1-12-10-19-21-13(2)18(14(3)23(19)22-12)8-9-20(25)28-15(4)16-6-5-7-17(11-16)24(26)27/h5-7,10-11,15H,8-9H2,1-4H3/t15-/m0/s1. The van der Waals surface area contributed by atoms with Gasteiger partial charge in [-0.15, -0.1) is 0 Å². The Labute approximate surface area is 162 Å². The molecule has 0 aliphatic carbocycles. The van der Waals surface area contributed by atoms with E-state index in [4.69, 9.17) is 4.74 Å². The lowest BCUT2D eigenvalue weighted by Crippen LogP contribution is -2.12. The summed E-state index contributed by atoms with van der Waals surface area (Å²) in [6.45, 7) is 7.49. The maximum atomic E-state index is 12.3. The van der Waals surface area contributed by atoms with Crippen LogP contribution < -0.4 is 0 Å². The van der Waals surface area contributed by atoms with E-state index in [2.05, 4.69) is 10.1 Å². The van der Waals surface area contributed by atoms with Crippen LogP contribution in [0.4, 0.5) is 5.69 Å². The molecule has 3 rings (SSSR count). The molecule has 2 heterocycles. The molecular formula is C20H22N4O4. The fourth-order valence-corrected chi connectivity index (χ4v) is 3.25. The predicted molar refractivity (Wildman–Crippen MR) is 103 cm³/mol. The van der Waals surface area contributed by atoms with Crippen molar-refractivity contribution in [1.82, 2.24) is 14.6 Å². The van der Waals surface area contributed by atoms with E-state index in [-0.39, 0.29) is 18.1 Å². The molecule has 1 aromatic carbocycles. The van der Waals surface area contributed by atoms with Crippen molar-refractivity contribution in [2.45, 2.75) is 46.6 Å². The van der Waals surface area contributed by atoms with Gasteiger partial charge in [-0.05, 0) is 45.2 Å². The second-order valence-electron chi connectivity index (χ2n) is 6.80. The fraction of sp³-hybridized carbons (Fsp3) is 0.350. The Kier molecular flexibility index (Phi) is 5.39. The summed E-state index contributed by atoms with van der Waals surface area (Å²) < 4.78 is 7.25. The number of ether oxygens (including phenoxy) is 1. The van der Waals surface area contributed by atoms with Crippen LogP contribution in [-0.4, -0.2) is 25.5 Å². The minimum Gasteiger partial charge on any atom is -0.458 e. The number of fused-ring (bicyclic) bond motifs is 1. The van der Waals surface area contributed by atoms with E-state index < -0.39 is 11.0 Å². The van der Waals surface area contributed by atoms with Gasteiger partial charge in [0.2, 0.25) is 0 Å². The van der Waals surface area contributed by atoms with Crippen molar-refractivity contribution in [2.75, 3.05) is 0 Å². The first kappa shape index (κ1) is 19.5. The summed E-state index contributed by atoms with van der Waals surface area (Å²) in [5.74, 6) is -0.366. The van der Waals surface area contributed by atoms with E-state index in [0.29, 0.717) is 12.0 Å². The van der Waals surface area contributed by atoms with Gasteiger partial charge in [-0.1, -0.05) is 12.1 Å². The number of aromatic nitrogens is 3. The van der Waals surface area contributed by atoms with Gasteiger partial charge >= 0.3 is 5.97 Å². The first-order valence-electron chi connectivity index (χ1n) is 9.02. The van der Waals surface area contributed by atoms with Crippen molar-refractivity contribution in [1.29, 1.82) is 0 Å². The normalized spacial score (nSPS) is 12.1. The Balaban J connectivity index is 1.68. The van der Waals surface area contributed by atoms with Gasteiger partial charge < -0.3 is 4.74 Å². The highest BCUT2D eigenvalue weighted by molar-refractivity contribution is 5.70. The zero-order valence-corrected chi connectivity index (χ0v) is 16.3. The quantitative estimate of drug-likeness (QED) is 0.365. The maximum Gasteiger partial charge on any atom is 0.306 e. The highest BCUT2D eigenvalue weighted by atomic mass is 16.6. The summed E-state index contributed by atoms with van der Waals surface area (Å²) in [7, 11) is 0. The summed E-state index contributed by atoms with van der Waals surface area (Å²) in [5, 5.41) is 15.3. The predicted octanol–water partition coefficient (Wildman–Crippen LogP) is 3.80. The summed E-state index contributed by atoms with van der Waals surface area (Å²) >= 11 is 0. The minimum absolute atomic E-state index is 0.0273. The molecule has 1 atom stereocenters. The Bertz CT molecular complexity index is 1060. The van der Waals surface area contributed by atoms with E-state index in [1.165, 1.54) is 12.1 Å². The monoisotopic (exact) mass is 382 g/mol. The van der Waals surface area contributed by atoms with Crippen LogP contribution in [0.25, 0.3) is 5.65 Å². The van der Waals surface area contributed by atoms with E-state index in [1.54, 1.807) is 23.6 Å². The third kappa shape index (κ3) is 4.00. The third-order valence-corrected chi connectivity index (χ3v) is 4.72. The van der Waals surface area contributed by atoms with Crippen LogP contribution >= 0.6 is 0 Å². The molecule has 0 aliphatic heterocycles. The Morgan fingerprint density at radius 1 is 1.29 bits per heavy atom. The van der Waals surface area contributed by atoms with Crippen LogP contribution in [0.1, 0.15) is 47.7 Å². The number of hydrogen-bond donors (Lipinski definition) is 0. The molecule has 0 unspecified atom stereocenters. The second-order valence-corrected chi connectivity index (χ2v) is 6.80. The van der Waals surface area contributed by atoms with Crippen LogP contribution in [0.15, 0.2) is 30.3 Å². The molecule has 0 amide bonds. The lowest BCUT2D eigenvalue weighted by atomic mass is 10.1. The van der Waals surface area contributed by atoms with Gasteiger partial charge in [0.05, 0.1) is 10.6 Å². The molecule has 0 N–H and O–H groups in total. The van der Waals surface area contributed by atoms with Crippen LogP contribution in [0, 0.1) is 30.9 Å². The zero-order chi connectivity index (χ0) is 20.4. The molecule has 8 heteroatoms. The molecule has 146 valence electrons. The van der Waals surface area contributed by atoms with E-state index in [1.807, 2.05) is 26.8 Å². The highest BCUT2D eigenvalue weighted by Crippen LogP contribution is 2.23. The molecule has 0 fully saturated rings. The average molecular weight is 382 g/mol. The number of benzene rings is 1. The van der Waals surface area contributed by atoms with Gasteiger partial charge in [0.25, 0.3) is 5.69 Å². The Morgan fingerprint density at radius 3 is 2.75 bits per heavy atom. The molecule has 8 nitrogen and oxygen atoms in total. The number of rotatable bonds is 6. The highest BCUT2D eigenvalue weighted by Gasteiger charge is 2.17. The zero-order valence-electron chi connectivity index (χ0n) is 16.3. The number of hydrogen-bond acceptors (Lipinski definition) is 6. The van der Waals surface area contributed by atoms with Gasteiger partial charge in [0, 0.05) is 36.0 Å². The van der Waals surface area contributed by atoms with E-state index in [0.717, 1.165) is 28.3 Å². The van der Waals surface area contributed by atoms with Gasteiger partial charge in [-0.25, -0.2) is 9.50 Å². The summed E-state index contributed by atoms with van der Waals surface area (Å²) in [4.78, 5) is 27.3. The average Bonchev–Trinajstić information content (AvgIpc) is 3.02. The minimum atomic E-state index is -0.566. The Hall–Kier alpha value is -3.29. The summed E-state index contributed by atoms with van der Waals surface area (Å²) in [6.07, 6.45) is 0.109. The van der Waals surface area contributed by atoms with E-state index in [9.17, 15) is 14.9 Å². The van der Waals surface area contributed by atoms with Crippen molar-refractivity contribution in [3.63, 3.8) is 0 Å². The molecule has 0 radical (unpaired) electrons. The van der Waals surface area contributed by atoms with Gasteiger partial charge in [0.15, 0.2) is 5.65 Å². The lowest BCUT2D eigenvalue weighted by molar-refractivity contribution is -0.385. The van der Waals surface area contributed by atoms with Crippen molar-refractivity contribution in [3.05, 3.63) is 68.7 Å². The van der Waals surface area contributed by atoms with Crippen LogP contribution in [0.3, 0.4) is 0 Å². The molecule has 28 heavy (non-hydrogen) atoms. The SMILES string of the molecule is Cc1cc2nc(C)c(CCC(=O)O[C@@H](C)c3cccc([N+](=O)[O-])c3)c(C)n2n1. The molecule has 0 saturated carbocycles. The van der Waals surface area contributed by atoms with Gasteiger partial charge in [-0.2, -0.15) is 5.10 Å². The maximum absolute atomic E-state index is 12.3. The number of aryl methyl sites for hydroxylation is 3. The van der Waals surface area contributed by atoms with Crippen molar-refractivity contribution in [2.24, 2.45) is 0 Å². The number of carbonyl (C=O) groups excluding carboxylic acids is 1. The number of nitro benzene ring substituents is 1. The molecule has 3 aromatic rings. The smallest absolute Gasteiger partial charge is 0.306 e. The summed E-state index contributed by atoms with van der Waals surface area (Å²) in [5.41, 5.74) is 5.02. The van der Waals surface area contributed by atoms with E-state index >= 15 is 0 Å². The van der Waals surface area contributed by atoms with Gasteiger partial charge in [-0.3, -0.25) is 14.9 Å². The third-order valence-electron chi connectivity index (χ3n) is 4.72. The number of non-ortho nitro benzene ring substituents is 1. The molecule has 0 saturated heterocycles. The molecular weight excluding hydrogens is 360 g/mol. The number of nitrogens with zero attached hydrogens (tertiary/aromatic N) is 4. The van der Waals surface area contributed by atoms with Gasteiger partial charge in [0.1, 0.15) is 6.10 Å². The second kappa shape index (κ2) is 7.75. The first-order chi connectivity index (χ1) is 13.3. The number of nitro groups is 1. The van der Waals surface area contributed by atoms with Crippen LogP contribution in [-0.2, 0) is 16.0 Å². The lowest BCUT2D eigenvalue weighted by Gasteiger charge is -2.14. The molecule has 0 spiro atoms. The Morgan fingerprint density at radius 2 is 2.04 bits per heavy atom. The number of carbonyl (C=O) groups is 1. The largest absolute Gasteiger partial charge is 0.458 e. The molecule has 0 aliphatic rings. The van der Waals surface area contributed by atoms with Crippen molar-refractivity contribution >= 4 is 17.3 Å². The topological polar surface area (TPSA) is 99.6 Å². The molecule has 2 aromatic heterocycles. The molecule has 0 bridgehead atoms. The van der Waals surface area contributed by atoms with Crippen LogP contribution in [0.5, 0.6) is 0 Å². The fourth-order valence-electron chi connectivity index (χ4n) is 3.25. The van der Waals surface area contributed by atoms with Crippen molar-refractivity contribution < 1.29 is 14.5 Å². The van der Waals surface area contributed by atoms with Crippen molar-refractivity contribution in [3.8, 4) is 0 Å². The van der Waals surface area contributed by atoms with Crippen LogP contribution in [0.2, 0.25) is 0 Å². The summed E-state index contributed by atoms with van der Waals surface area (Å²) in [6, 6.07) is 8.03. The number of esters is 1. The first-order valence-corrected chi connectivity index (χ1v) is 9.02.